The van der Waals surface area contributed by atoms with Gasteiger partial charge < -0.3 is 30.9 Å². The first-order valence-electron chi connectivity index (χ1n) is 12.6. The molecule has 2 amide bonds. The van der Waals surface area contributed by atoms with E-state index in [1.165, 1.54) is 12.1 Å². The molecule has 0 radical (unpaired) electrons. The summed E-state index contributed by atoms with van der Waals surface area (Å²) in [5.74, 6) is 0.698. The molecule has 4 aromatic rings. The number of aromatic nitrogens is 2. The SMILES string of the molecule is Cc1ccc(Nc2c(-c3ccc(F)cc3)nc3n2CCN(C(=O)[C@H](Cc2cccc(N)c2)NC(=O)O)C3)cc1. The Balaban J connectivity index is 1.44. The van der Waals surface area contributed by atoms with Crippen LogP contribution in [0.2, 0.25) is 0 Å². The lowest BCUT2D eigenvalue weighted by Gasteiger charge is -2.31. The number of hydrogen-bond acceptors (Lipinski definition) is 5. The summed E-state index contributed by atoms with van der Waals surface area (Å²) in [5.41, 5.74) is 10.5. The van der Waals surface area contributed by atoms with Gasteiger partial charge >= 0.3 is 6.09 Å². The fraction of sp³-hybridized carbons (Fsp3) is 0.207. The maximum atomic E-state index is 13.7. The zero-order valence-electron chi connectivity index (χ0n) is 21.4. The molecule has 5 rings (SSSR count). The van der Waals surface area contributed by atoms with Crippen molar-refractivity contribution in [1.82, 2.24) is 19.8 Å². The molecule has 0 bridgehead atoms. The lowest BCUT2D eigenvalue weighted by atomic mass is 10.0. The topological polar surface area (TPSA) is 126 Å². The Hall–Kier alpha value is -4.86. The van der Waals surface area contributed by atoms with Gasteiger partial charge in [0.15, 0.2) is 0 Å². The average Bonchev–Trinajstić information content (AvgIpc) is 3.26. The van der Waals surface area contributed by atoms with Crippen LogP contribution in [0.1, 0.15) is 17.0 Å². The normalized spacial score (nSPS) is 13.4. The third kappa shape index (κ3) is 5.85. The Labute approximate surface area is 225 Å². The highest BCUT2D eigenvalue weighted by atomic mass is 19.1. The van der Waals surface area contributed by atoms with Gasteiger partial charge in [-0.1, -0.05) is 29.8 Å². The van der Waals surface area contributed by atoms with E-state index in [0.717, 1.165) is 28.2 Å². The smallest absolute Gasteiger partial charge is 0.405 e. The minimum absolute atomic E-state index is 0.169. The van der Waals surface area contributed by atoms with Crippen LogP contribution in [-0.4, -0.2) is 44.1 Å². The van der Waals surface area contributed by atoms with Crippen molar-refractivity contribution < 1.29 is 19.1 Å². The molecule has 5 N–H and O–H groups in total. The molecule has 0 saturated heterocycles. The number of carbonyl (C=O) groups is 2. The molecule has 0 unspecified atom stereocenters. The molecule has 0 saturated carbocycles. The minimum Gasteiger partial charge on any atom is -0.465 e. The van der Waals surface area contributed by atoms with Crippen LogP contribution >= 0.6 is 0 Å². The van der Waals surface area contributed by atoms with Gasteiger partial charge in [0.25, 0.3) is 0 Å². The predicted octanol–water partition coefficient (Wildman–Crippen LogP) is 4.54. The van der Waals surface area contributed by atoms with Gasteiger partial charge in [-0.3, -0.25) is 4.79 Å². The van der Waals surface area contributed by atoms with Crippen molar-refractivity contribution in [3.05, 3.63) is 95.6 Å². The molecule has 0 fully saturated rings. The summed E-state index contributed by atoms with van der Waals surface area (Å²) in [6, 6.07) is 20.1. The summed E-state index contributed by atoms with van der Waals surface area (Å²) in [5, 5.41) is 15.2. The molecule has 1 aromatic heterocycles. The Morgan fingerprint density at radius 1 is 1.08 bits per heavy atom. The van der Waals surface area contributed by atoms with Crippen LogP contribution in [-0.2, 0) is 24.3 Å². The second-order valence-electron chi connectivity index (χ2n) is 9.59. The second-order valence-corrected chi connectivity index (χ2v) is 9.59. The van der Waals surface area contributed by atoms with Gasteiger partial charge in [0.05, 0.1) is 6.54 Å². The van der Waals surface area contributed by atoms with Gasteiger partial charge in [0, 0.05) is 36.4 Å². The van der Waals surface area contributed by atoms with Crippen molar-refractivity contribution in [2.75, 3.05) is 17.6 Å². The molecule has 39 heavy (non-hydrogen) atoms. The van der Waals surface area contributed by atoms with E-state index >= 15 is 0 Å². The minimum atomic E-state index is -1.28. The number of halogens is 1. The molecule has 2 heterocycles. The van der Waals surface area contributed by atoms with Gasteiger partial charge in [0.2, 0.25) is 5.91 Å². The highest BCUT2D eigenvalue weighted by Crippen LogP contribution is 2.33. The Bertz CT molecular complexity index is 1500. The molecule has 9 nitrogen and oxygen atoms in total. The number of fused-ring (bicyclic) bond motifs is 1. The van der Waals surface area contributed by atoms with Crippen LogP contribution in [0.3, 0.4) is 0 Å². The van der Waals surface area contributed by atoms with Gasteiger partial charge in [-0.2, -0.15) is 0 Å². The van der Waals surface area contributed by atoms with Crippen LogP contribution < -0.4 is 16.4 Å². The Kier molecular flexibility index (Phi) is 7.18. The maximum Gasteiger partial charge on any atom is 0.405 e. The summed E-state index contributed by atoms with van der Waals surface area (Å²) >= 11 is 0. The number of hydrogen-bond donors (Lipinski definition) is 4. The van der Waals surface area contributed by atoms with Gasteiger partial charge in [0.1, 0.15) is 29.2 Å². The maximum absolute atomic E-state index is 13.7. The highest BCUT2D eigenvalue weighted by Gasteiger charge is 2.31. The van der Waals surface area contributed by atoms with Crippen molar-refractivity contribution in [2.45, 2.75) is 32.5 Å². The van der Waals surface area contributed by atoms with E-state index in [4.69, 9.17) is 10.7 Å². The first-order chi connectivity index (χ1) is 18.8. The number of amides is 2. The fourth-order valence-corrected chi connectivity index (χ4v) is 4.75. The summed E-state index contributed by atoms with van der Waals surface area (Å²) in [7, 11) is 0. The number of carbonyl (C=O) groups excluding carboxylic acids is 1. The zero-order valence-corrected chi connectivity index (χ0v) is 21.4. The van der Waals surface area contributed by atoms with Crippen LogP contribution in [0.15, 0.2) is 72.8 Å². The number of nitrogen functional groups attached to an aromatic ring is 1. The van der Waals surface area contributed by atoms with E-state index < -0.39 is 12.1 Å². The summed E-state index contributed by atoms with van der Waals surface area (Å²) in [6.07, 6.45) is -1.11. The van der Waals surface area contributed by atoms with Crippen LogP contribution in [0, 0.1) is 12.7 Å². The number of imidazole rings is 1. The number of nitrogens with one attached hydrogen (secondary N) is 2. The largest absolute Gasteiger partial charge is 0.465 e. The highest BCUT2D eigenvalue weighted by molar-refractivity contribution is 5.86. The van der Waals surface area contributed by atoms with Gasteiger partial charge in [-0.05, 0) is 61.0 Å². The van der Waals surface area contributed by atoms with Crippen molar-refractivity contribution >= 4 is 29.2 Å². The molecule has 200 valence electrons. The third-order valence-electron chi connectivity index (χ3n) is 6.70. The summed E-state index contributed by atoms with van der Waals surface area (Å²) < 4.78 is 15.7. The molecule has 1 aliphatic heterocycles. The number of rotatable bonds is 7. The number of aryl methyl sites for hydroxylation is 1. The van der Waals surface area contributed by atoms with Gasteiger partial charge in [-0.25, -0.2) is 14.2 Å². The molecular formula is C29H29FN6O3. The number of benzene rings is 3. The number of anilines is 3. The summed E-state index contributed by atoms with van der Waals surface area (Å²) in [4.78, 5) is 31.5. The van der Waals surface area contributed by atoms with Crippen molar-refractivity contribution in [3.8, 4) is 11.3 Å². The van der Waals surface area contributed by atoms with Crippen molar-refractivity contribution in [3.63, 3.8) is 0 Å². The van der Waals surface area contributed by atoms with E-state index in [1.54, 1.807) is 41.3 Å². The lowest BCUT2D eigenvalue weighted by Crippen LogP contribution is -2.51. The monoisotopic (exact) mass is 528 g/mol. The first-order valence-corrected chi connectivity index (χ1v) is 12.6. The number of nitrogens with two attached hydrogens (primary N) is 1. The van der Waals surface area contributed by atoms with Crippen molar-refractivity contribution in [2.24, 2.45) is 0 Å². The van der Waals surface area contributed by atoms with E-state index in [0.29, 0.717) is 30.3 Å². The molecule has 1 aliphatic rings. The molecule has 3 aromatic carbocycles. The molecule has 10 heteroatoms. The molecule has 0 aliphatic carbocycles. The molecule has 0 spiro atoms. The van der Waals surface area contributed by atoms with E-state index in [9.17, 15) is 19.1 Å². The zero-order chi connectivity index (χ0) is 27.5. The van der Waals surface area contributed by atoms with Crippen LogP contribution in [0.5, 0.6) is 0 Å². The second kappa shape index (κ2) is 10.9. The average molecular weight is 529 g/mol. The third-order valence-corrected chi connectivity index (χ3v) is 6.70. The van der Waals surface area contributed by atoms with Crippen molar-refractivity contribution in [1.29, 1.82) is 0 Å². The molecular weight excluding hydrogens is 499 g/mol. The first kappa shape index (κ1) is 25.8. The lowest BCUT2D eigenvalue weighted by molar-refractivity contribution is -0.134. The van der Waals surface area contributed by atoms with E-state index in [2.05, 4.69) is 10.6 Å². The van der Waals surface area contributed by atoms with E-state index in [-0.39, 0.29) is 24.7 Å². The molecule has 1 atom stereocenters. The quantitative estimate of drug-likeness (QED) is 0.261. The Morgan fingerprint density at radius 3 is 2.51 bits per heavy atom. The van der Waals surface area contributed by atoms with Crippen LogP contribution in [0.25, 0.3) is 11.3 Å². The number of nitrogens with zero attached hydrogens (tertiary/aromatic N) is 3. The standard InChI is InChI=1S/C29H29FN6O3/c1-18-5-11-23(12-6-18)32-27-26(20-7-9-21(30)10-8-20)34-25-17-35(13-14-36(25)27)28(37)24(33-29(38)39)16-19-3-2-4-22(31)15-19/h2-12,15,24,32-33H,13-14,16-17,31H2,1H3,(H,38,39)/t24-/m0/s1. The fourth-order valence-electron chi connectivity index (χ4n) is 4.75. The van der Waals surface area contributed by atoms with Gasteiger partial charge in [-0.15, -0.1) is 0 Å². The Morgan fingerprint density at radius 2 is 1.82 bits per heavy atom. The predicted molar refractivity (Wildman–Crippen MR) is 147 cm³/mol. The number of carboxylic acid groups (broad SMARTS) is 1. The van der Waals surface area contributed by atoms with Crippen LogP contribution in [0.4, 0.5) is 26.4 Å². The summed E-state index contributed by atoms with van der Waals surface area (Å²) in [6.45, 7) is 3.01. The van der Waals surface area contributed by atoms with E-state index in [1.807, 2.05) is 35.8 Å².